The number of benzene rings is 2. The molecule has 14 heteroatoms. The Kier molecular flexibility index (Phi) is 21.0. The van der Waals surface area contributed by atoms with Gasteiger partial charge in [-0.3, -0.25) is 19.2 Å². The smallest absolute Gasteiger partial charge is 0.461 e. The van der Waals surface area contributed by atoms with Crippen LogP contribution in [0.3, 0.4) is 0 Å². The van der Waals surface area contributed by atoms with Crippen LogP contribution in [0.4, 0.5) is 4.79 Å². The molecule has 0 aromatic heterocycles. The van der Waals surface area contributed by atoms with Gasteiger partial charge in [0, 0.05) is 11.8 Å². The summed E-state index contributed by atoms with van der Waals surface area (Å²) >= 11 is 0. The van der Waals surface area contributed by atoms with E-state index < -0.39 is 34.1 Å². The molecule has 9 rings (SSSR count). The van der Waals surface area contributed by atoms with Crippen molar-refractivity contribution in [3.8, 4) is 5.75 Å². The van der Waals surface area contributed by atoms with Crippen molar-refractivity contribution in [1.82, 2.24) is 0 Å². The van der Waals surface area contributed by atoms with E-state index in [0.29, 0.717) is 42.4 Å². The fraction of sp³-hybridized carbons (Fsp3) is 0.746. The lowest BCUT2D eigenvalue weighted by Gasteiger charge is -2.59. The standard InChI is InChI=1S/C24H30O4.C16H26O3.C13H24O2.C10H16O5/c1-5-23(3,4)22(26)27-20-14-10-11-17-18(20)12-9-13-19(17)21(25)28-24(6-2)15-7-8-16-24;1-4-14(2,3)13(17)19-16-8-11-5-12(9-16)7-15(18,6-11)10-16;1-5-12(3,4)11(14)15-13(6-2)9-7-8-10-13;1-4-10(2,3)8(11)13-5-7-6-14-9(12)15-7/h9-14H,5-8,15-16H2,1-4H3;11-12,18H,4-10H2,1-3H3;5-10H2,1-4H3;7H,4-6H2,1-3H3. The van der Waals surface area contributed by atoms with E-state index in [1.54, 1.807) is 12.1 Å². The van der Waals surface area contributed by atoms with Crippen molar-refractivity contribution in [3.63, 3.8) is 0 Å². The molecule has 77 heavy (non-hydrogen) atoms. The summed E-state index contributed by atoms with van der Waals surface area (Å²) in [5.74, 6) is 0.637. The average Bonchev–Trinajstić information content (AvgIpc) is 4.17. The number of hydrogen-bond donors (Lipinski definition) is 1. The topological polar surface area (TPSA) is 187 Å². The van der Waals surface area contributed by atoms with E-state index >= 15 is 0 Å². The molecule has 3 atom stereocenters. The van der Waals surface area contributed by atoms with Crippen molar-refractivity contribution in [2.75, 3.05) is 13.2 Å². The molecule has 2 aromatic carbocycles. The molecule has 3 unspecified atom stereocenters. The van der Waals surface area contributed by atoms with Crippen molar-refractivity contribution in [2.24, 2.45) is 33.5 Å². The molecule has 0 amide bonds. The number of aliphatic hydroxyl groups is 1. The van der Waals surface area contributed by atoms with E-state index in [1.165, 1.54) is 19.3 Å². The predicted molar refractivity (Wildman–Crippen MR) is 296 cm³/mol. The van der Waals surface area contributed by atoms with Gasteiger partial charge < -0.3 is 38.3 Å². The number of hydrogen-bond acceptors (Lipinski definition) is 14. The highest BCUT2D eigenvalue weighted by atomic mass is 16.8. The first-order valence-electron chi connectivity index (χ1n) is 29.2. The Bertz CT molecular complexity index is 2350. The second-order valence-corrected chi connectivity index (χ2v) is 25.9. The summed E-state index contributed by atoms with van der Waals surface area (Å²) in [5.41, 5.74) is -2.67. The van der Waals surface area contributed by atoms with E-state index in [2.05, 4.69) is 18.6 Å². The first-order chi connectivity index (χ1) is 36.0. The van der Waals surface area contributed by atoms with Crippen LogP contribution in [0.15, 0.2) is 36.4 Å². The molecule has 0 radical (unpaired) electrons. The summed E-state index contributed by atoms with van der Waals surface area (Å²) < 4.78 is 37.7. The third kappa shape index (κ3) is 16.0. The monoisotopic (exact) mass is 1080 g/mol. The lowest BCUT2D eigenvalue weighted by atomic mass is 9.52. The number of ether oxygens (including phenoxy) is 7. The fourth-order valence-electron chi connectivity index (χ4n) is 11.4. The Labute approximate surface area is 460 Å². The fourth-order valence-corrected chi connectivity index (χ4v) is 11.4. The van der Waals surface area contributed by atoms with Gasteiger partial charge in [0.2, 0.25) is 0 Å². The largest absolute Gasteiger partial charge is 0.508 e. The maximum atomic E-state index is 13.0. The Hall–Kier alpha value is -4.72. The molecule has 0 spiro atoms. The van der Waals surface area contributed by atoms with Crippen molar-refractivity contribution in [3.05, 3.63) is 42.0 Å². The molecule has 2 aromatic rings. The molecule has 6 saturated carbocycles. The van der Waals surface area contributed by atoms with Gasteiger partial charge in [0.15, 0.2) is 6.10 Å². The molecule has 1 heterocycles. The lowest BCUT2D eigenvalue weighted by Crippen LogP contribution is -2.61. The van der Waals surface area contributed by atoms with E-state index in [1.807, 2.05) is 107 Å². The number of carbonyl (C=O) groups excluding carboxylic acids is 6. The van der Waals surface area contributed by atoms with Gasteiger partial charge in [0.25, 0.3) is 0 Å². The summed E-state index contributed by atoms with van der Waals surface area (Å²) in [4.78, 5) is 72.0. The molecule has 7 fully saturated rings. The molecule has 14 nitrogen and oxygen atoms in total. The third-order valence-corrected chi connectivity index (χ3v) is 18.3. The molecule has 7 aliphatic rings. The van der Waals surface area contributed by atoms with Gasteiger partial charge in [-0.15, -0.1) is 0 Å². The van der Waals surface area contributed by atoms with Gasteiger partial charge in [-0.1, -0.05) is 65.8 Å². The van der Waals surface area contributed by atoms with Gasteiger partial charge in [0.1, 0.15) is 35.8 Å². The summed E-state index contributed by atoms with van der Waals surface area (Å²) in [5, 5.41) is 12.1. The molecule has 432 valence electrons. The van der Waals surface area contributed by atoms with Crippen molar-refractivity contribution in [1.29, 1.82) is 0 Å². The van der Waals surface area contributed by atoms with Crippen molar-refractivity contribution >= 4 is 46.8 Å². The van der Waals surface area contributed by atoms with Crippen LogP contribution in [0, 0.1) is 33.5 Å². The van der Waals surface area contributed by atoms with E-state index in [0.717, 1.165) is 101 Å². The molecular weight excluding hydrogens is 981 g/mol. The van der Waals surface area contributed by atoms with Crippen LogP contribution >= 0.6 is 0 Å². The summed E-state index contributed by atoms with van der Waals surface area (Å²) in [6, 6.07) is 10.9. The third-order valence-electron chi connectivity index (χ3n) is 18.3. The second kappa shape index (κ2) is 25.6. The minimum atomic E-state index is -0.703. The highest BCUT2D eigenvalue weighted by molar-refractivity contribution is 6.06. The summed E-state index contributed by atoms with van der Waals surface area (Å²) in [6.07, 6.45) is 17.9. The van der Waals surface area contributed by atoms with Crippen LogP contribution < -0.4 is 4.74 Å². The van der Waals surface area contributed by atoms with Gasteiger partial charge in [-0.25, -0.2) is 9.59 Å². The molecule has 1 aliphatic heterocycles. The summed E-state index contributed by atoms with van der Waals surface area (Å²) in [7, 11) is 0. The quantitative estimate of drug-likeness (QED) is 0.0895. The van der Waals surface area contributed by atoms with Gasteiger partial charge >= 0.3 is 36.0 Å². The van der Waals surface area contributed by atoms with Crippen molar-refractivity contribution in [2.45, 2.75) is 254 Å². The maximum Gasteiger partial charge on any atom is 0.508 e. The van der Waals surface area contributed by atoms with Crippen LogP contribution in [0.2, 0.25) is 0 Å². The second-order valence-electron chi connectivity index (χ2n) is 25.9. The zero-order chi connectivity index (χ0) is 57.3. The highest BCUT2D eigenvalue weighted by Gasteiger charge is 2.59. The molecule has 1 N–H and O–H groups in total. The number of rotatable bonds is 17. The minimum absolute atomic E-state index is 0.0197. The minimum Gasteiger partial charge on any atom is -0.461 e. The predicted octanol–water partition coefficient (Wildman–Crippen LogP) is 14.3. The first-order valence-corrected chi connectivity index (χ1v) is 29.2. The van der Waals surface area contributed by atoms with E-state index in [-0.39, 0.29) is 65.3 Å². The Morgan fingerprint density at radius 3 is 1.55 bits per heavy atom. The average molecular weight is 1080 g/mol. The number of carbonyl (C=O) groups is 6. The first kappa shape index (κ1) is 63.1. The van der Waals surface area contributed by atoms with Crippen molar-refractivity contribution < 1.29 is 67.0 Å². The maximum absolute atomic E-state index is 13.0. The van der Waals surface area contributed by atoms with Crippen LogP contribution in [-0.4, -0.2) is 82.8 Å². The normalized spacial score (nSPS) is 24.8. The van der Waals surface area contributed by atoms with E-state index in [9.17, 15) is 33.9 Å². The van der Waals surface area contributed by atoms with Crippen LogP contribution in [0.1, 0.15) is 236 Å². The lowest BCUT2D eigenvalue weighted by molar-refractivity contribution is -0.225. The molecule has 4 bridgehead atoms. The number of esters is 5. The molecule has 6 aliphatic carbocycles. The Balaban J connectivity index is 0.000000197. The van der Waals surface area contributed by atoms with Gasteiger partial charge in [-0.2, -0.15) is 0 Å². The number of cyclic esters (lactones) is 2. The van der Waals surface area contributed by atoms with Gasteiger partial charge in [0.05, 0.1) is 32.8 Å². The van der Waals surface area contributed by atoms with E-state index in [4.69, 9.17) is 28.4 Å². The number of fused-ring (bicyclic) bond motifs is 1. The van der Waals surface area contributed by atoms with Gasteiger partial charge in [-0.05, 0) is 207 Å². The molecular formula is C63H96O14. The SMILES string of the molecule is CCC(C)(C)C(=O)OC12CC3CC(CC(O)(C3)C1)C2.CCC(C)(C)C(=O)OCC1COC(=O)O1.CCC1(OC(=O)C(C)(C)CC)CCCC1.CCC1(OC(=O)c2cccc3c(OC(=O)C(C)(C)CC)cccc23)CCCC1. The Morgan fingerprint density at radius 1 is 0.597 bits per heavy atom. The van der Waals surface area contributed by atoms with Crippen LogP contribution in [-0.2, 0) is 47.6 Å². The summed E-state index contributed by atoms with van der Waals surface area (Å²) in [6.45, 7) is 27.5. The van der Waals surface area contributed by atoms with Crippen LogP contribution in [0.25, 0.3) is 10.8 Å². The zero-order valence-corrected chi connectivity index (χ0v) is 49.5. The van der Waals surface area contributed by atoms with Crippen LogP contribution in [0.5, 0.6) is 5.75 Å². The zero-order valence-electron chi connectivity index (χ0n) is 49.5. The highest BCUT2D eigenvalue weighted by Crippen LogP contribution is 2.59. The Morgan fingerprint density at radius 2 is 1.06 bits per heavy atom. The molecule has 1 saturated heterocycles.